The predicted molar refractivity (Wildman–Crippen MR) is 84.7 cm³/mol. The van der Waals surface area contributed by atoms with Crippen molar-refractivity contribution >= 4 is 22.6 Å². The number of nitrogens with one attached hydrogen (secondary N) is 1. The van der Waals surface area contributed by atoms with E-state index in [9.17, 15) is 8.78 Å². The number of aromatic nitrogens is 3. The second kappa shape index (κ2) is 5.69. The SMILES string of the molecule is Fc1ccc(-c2noc3ncnc(Nc4cccc(F)c4)c23)cc1. The van der Waals surface area contributed by atoms with Crippen molar-refractivity contribution in [2.24, 2.45) is 0 Å². The van der Waals surface area contributed by atoms with Crippen molar-refractivity contribution in [3.63, 3.8) is 0 Å². The molecule has 24 heavy (non-hydrogen) atoms. The monoisotopic (exact) mass is 324 g/mol. The molecule has 2 aromatic heterocycles. The minimum atomic E-state index is -0.366. The minimum absolute atomic E-state index is 0.281. The Morgan fingerprint density at radius 2 is 1.75 bits per heavy atom. The fourth-order valence-electron chi connectivity index (χ4n) is 2.39. The fourth-order valence-corrected chi connectivity index (χ4v) is 2.39. The summed E-state index contributed by atoms with van der Waals surface area (Å²) in [4.78, 5) is 8.23. The quantitative estimate of drug-likeness (QED) is 0.608. The van der Waals surface area contributed by atoms with Crippen LogP contribution in [0.3, 0.4) is 0 Å². The van der Waals surface area contributed by atoms with Gasteiger partial charge in [0.15, 0.2) is 0 Å². The van der Waals surface area contributed by atoms with E-state index in [-0.39, 0.29) is 17.3 Å². The third kappa shape index (κ3) is 2.56. The lowest BCUT2D eigenvalue weighted by Gasteiger charge is -2.06. The molecule has 0 atom stereocenters. The number of halogens is 2. The summed E-state index contributed by atoms with van der Waals surface area (Å²) in [5.74, 6) is -0.290. The Balaban J connectivity index is 1.84. The van der Waals surface area contributed by atoms with Crippen LogP contribution < -0.4 is 5.32 Å². The zero-order valence-electron chi connectivity index (χ0n) is 12.2. The van der Waals surface area contributed by atoms with Crippen LogP contribution in [-0.2, 0) is 0 Å². The molecule has 0 spiro atoms. The highest BCUT2D eigenvalue weighted by molar-refractivity contribution is 5.98. The Bertz CT molecular complexity index is 1010. The molecule has 0 bridgehead atoms. The van der Waals surface area contributed by atoms with Gasteiger partial charge in [-0.25, -0.2) is 13.8 Å². The van der Waals surface area contributed by atoms with Crippen LogP contribution in [0.4, 0.5) is 20.3 Å². The lowest BCUT2D eigenvalue weighted by Crippen LogP contribution is -1.96. The van der Waals surface area contributed by atoms with E-state index >= 15 is 0 Å². The van der Waals surface area contributed by atoms with E-state index in [1.54, 1.807) is 24.3 Å². The molecular weight excluding hydrogens is 314 g/mol. The second-order valence-corrected chi connectivity index (χ2v) is 5.08. The molecule has 4 aromatic rings. The lowest BCUT2D eigenvalue weighted by molar-refractivity contribution is 0.451. The van der Waals surface area contributed by atoms with Crippen molar-refractivity contribution in [1.29, 1.82) is 0 Å². The van der Waals surface area contributed by atoms with Crippen LogP contribution in [0.1, 0.15) is 0 Å². The number of hydrogen-bond donors (Lipinski definition) is 1. The lowest BCUT2D eigenvalue weighted by atomic mass is 10.1. The molecule has 0 aliphatic carbocycles. The number of fused-ring (bicyclic) bond motifs is 1. The highest BCUT2D eigenvalue weighted by Crippen LogP contribution is 2.32. The van der Waals surface area contributed by atoms with Crippen molar-refractivity contribution in [3.05, 3.63) is 66.5 Å². The van der Waals surface area contributed by atoms with Gasteiger partial charge in [0.05, 0.1) is 0 Å². The molecule has 5 nitrogen and oxygen atoms in total. The van der Waals surface area contributed by atoms with Gasteiger partial charge in [-0.3, -0.25) is 0 Å². The molecule has 2 aromatic carbocycles. The average molecular weight is 324 g/mol. The maximum Gasteiger partial charge on any atom is 0.263 e. The summed E-state index contributed by atoms with van der Waals surface area (Å²) >= 11 is 0. The number of anilines is 2. The molecule has 0 amide bonds. The number of nitrogens with zero attached hydrogens (tertiary/aromatic N) is 3. The Hall–Kier alpha value is -3.35. The van der Waals surface area contributed by atoms with Gasteiger partial charge in [0.2, 0.25) is 0 Å². The van der Waals surface area contributed by atoms with Gasteiger partial charge in [-0.2, -0.15) is 4.98 Å². The zero-order chi connectivity index (χ0) is 16.5. The summed E-state index contributed by atoms with van der Waals surface area (Å²) in [6.45, 7) is 0. The van der Waals surface area contributed by atoms with E-state index in [1.165, 1.54) is 30.6 Å². The van der Waals surface area contributed by atoms with E-state index < -0.39 is 0 Å². The van der Waals surface area contributed by atoms with Gasteiger partial charge in [-0.05, 0) is 42.5 Å². The van der Waals surface area contributed by atoms with Gasteiger partial charge >= 0.3 is 0 Å². The van der Waals surface area contributed by atoms with Crippen molar-refractivity contribution in [3.8, 4) is 11.3 Å². The second-order valence-electron chi connectivity index (χ2n) is 5.08. The van der Waals surface area contributed by atoms with Gasteiger partial charge in [-0.15, -0.1) is 0 Å². The van der Waals surface area contributed by atoms with Crippen LogP contribution in [0.2, 0.25) is 0 Å². The maximum atomic E-state index is 13.4. The van der Waals surface area contributed by atoms with E-state index in [4.69, 9.17) is 4.52 Å². The normalized spacial score (nSPS) is 10.9. The molecule has 2 heterocycles. The van der Waals surface area contributed by atoms with Crippen LogP contribution in [0.25, 0.3) is 22.4 Å². The number of rotatable bonds is 3. The Morgan fingerprint density at radius 1 is 0.917 bits per heavy atom. The molecule has 0 aliphatic heterocycles. The Morgan fingerprint density at radius 3 is 2.54 bits per heavy atom. The molecule has 0 unspecified atom stereocenters. The van der Waals surface area contributed by atoms with Crippen molar-refractivity contribution in [2.75, 3.05) is 5.32 Å². The van der Waals surface area contributed by atoms with Gasteiger partial charge in [0, 0.05) is 11.3 Å². The van der Waals surface area contributed by atoms with Crippen molar-refractivity contribution < 1.29 is 13.3 Å². The van der Waals surface area contributed by atoms with Gasteiger partial charge in [-0.1, -0.05) is 11.2 Å². The number of hydrogen-bond acceptors (Lipinski definition) is 5. The van der Waals surface area contributed by atoms with Crippen molar-refractivity contribution in [1.82, 2.24) is 15.1 Å². The standard InChI is InChI=1S/C17H10F2N4O/c18-11-6-4-10(5-7-11)15-14-16(20-9-21-17(14)24-23-15)22-13-3-1-2-12(19)8-13/h1-9H,(H,20,21,22). The number of benzene rings is 2. The highest BCUT2D eigenvalue weighted by Gasteiger charge is 2.17. The summed E-state index contributed by atoms with van der Waals surface area (Å²) in [6.07, 6.45) is 1.32. The predicted octanol–water partition coefficient (Wildman–Crippen LogP) is 4.31. The van der Waals surface area contributed by atoms with Crippen LogP contribution in [0.5, 0.6) is 0 Å². The first-order chi connectivity index (χ1) is 11.7. The van der Waals surface area contributed by atoms with Crippen LogP contribution in [-0.4, -0.2) is 15.1 Å². The average Bonchev–Trinajstić information content (AvgIpc) is 3.01. The summed E-state index contributed by atoms with van der Waals surface area (Å²) in [6, 6.07) is 11.8. The topological polar surface area (TPSA) is 63.8 Å². The molecule has 0 saturated heterocycles. The summed E-state index contributed by atoms with van der Waals surface area (Å²) in [5.41, 5.74) is 1.95. The molecule has 0 radical (unpaired) electrons. The third-order valence-corrected chi connectivity index (χ3v) is 3.48. The Kier molecular flexibility index (Phi) is 3.38. The van der Waals surface area contributed by atoms with E-state index in [2.05, 4.69) is 20.4 Å². The highest BCUT2D eigenvalue weighted by atomic mass is 19.1. The first kappa shape index (κ1) is 14.3. The maximum absolute atomic E-state index is 13.4. The largest absolute Gasteiger partial charge is 0.339 e. The van der Waals surface area contributed by atoms with Crippen LogP contribution >= 0.6 is 0 Å². The first-order valence-electron chi connectivity index (χ1n) is 7.09. The molecule has 118 valence electrons. The van der Waals surface area contributed by atoms with E-state index in [0.717, 1.165) is 0 Å². The van der Waals surface area contributed by atoms with Gasteiger partial charge < -0.3 is 9.84 Å². The van der Waals surface area contributed by atoms with Gasteiger partial charge in [0.25, 0.3) is 5.71 Å². The summed E-state index contributed by atoms with van der Waals surface area (Å²) in [7, 11) is 0. The third-order valence-electron chi connectivity index (χ3n) is 3.48. The van der Waals surface area contributed by atoms with E-state index in [1.807, 2.05) is 0 Å². The summed E-state index contributed by atoms with van der Waals surface area (Å²) < 4.78 is 31.7. The van der Waals surface area contributed by atoms with Crippen molar-refractivity contribution in [2.45, 2.75) is 0 Å². The summed E-state index contributed by atoms with van der Waals surface area (Å²) in [5, 5.41) is 7.57. The zero-order valence-corrected chi connectivity index (χ0v) is 12.2. The molecular formula is C17H10F2N4O. The van der Waals surface area contributed by atoms with Crippen LogP contribution in [0, 0.1) is 11.6 Å². The molecule has 0 saturated carbocycles. The van der Waals surface area contributed by atoms with Crippen LogP contribution in [0.15, 0.2) is 59.4 Å². The first-order valence-corrected chi connectivity index (χ1v) is 7.09. The smallest absolute Gasteiger partial charge is 0.263 e. The minimum Gasteiger partial charge on any atom is -0.339 e. The molecule has 4 rings (SSSR count). The fraction of sp³-hybridized carbons (Fsp3) is 0. The molecule has 7 heteroatoms. The molecule has 0 aliphatic rings. The van der Waals surface area contributed by atoms with E-state index in [0.29, 0.717) is 28.1 Å². The molecule has 1 N–H and O–H groups in total. The Labute approximate surface area is 135 Å². The molecule has 0 fully saturated rings. The van der Waals surface area contributed by atoms with Gasteiger partial charge in [0.1, 0.15) is 34.9 Å².